The molecule has 1 rings (SSSR count). The van der Waals surface area contributed by atoms with Crippen LogP contribution in [0.25, 0.3) is 0 Å². The summed E-state index contributed by atoms with van der Waals surface area (Å²) in [5, 5.41) is 0. The average Bonchev–Trinajstić information content (AvgIpc) is 1.80. The monoisotopic (exact) mass is 118 g/mol. The van der Waals surface area contributed by atoms with E-state index in [4.69, 9.17) is 0 Å². The van der Waals surface area contributed by atoms with E-state index in [1.165, 1.54) is 11.1 Å². The minimum Gasteiger partial charge on any atom is -0.0509 e. The van der Waals surface area contributed by atoms with Crippen LogP contribution in [0.3, 0.4) is 0 Å². The van der Waals surface area contributed by atoms with Gasteiger partial charge in [-0.3, -0.25) is 0 Å². The van der Waals surface area contributed by atoms with Crippen LogP contribution in [0.1, 0.15) is 16.7 Å². The molecule has 0 atom stereocenters. The van der Waals surface area contributed by atoms with Gasteiger partial charge in [-0.1, -0.05) is 6.07 Å². The summed E-state index contributed by atoms with van der Waals surface area (Å²) >= 11 is 0. The van der Waals surface area contributed by atoms with Gasteiger partial charge in [-0.05, 0) is 49.6 Å². The fourth-order valence-corrected chi connectivity index (χ4v) is 0.741. The van der Waals surface area contributed by atoms with Gasteiger partial charge in [0, 0.05) is 0 Å². The molecule has 0 nitrogen and oxygen atoms in total. The first kappa shape index (κ1) is 6.34. The zero-order valence-corrected chi connectivity index (χ0v) is 6.08. The van der Waals surface area contributed by atoms with E-state index in [0.29, 0.717) is 0 Å². The molecule has 46 valence electrons. The highest BCUT2D eigenvalue weighted by Crippen LogP contribution is 2.05. The van der Waals surface area contributed by atoms with Crippen molar-refractivity contribution in [3.63, 3.8) is 0 Å². The predicted molar refractivity (Wildman–Crippen MR) is 38.3 cm³/mol. The Morgan fingerprint density at radius 2 is 1.89 bits per heavy atom. The Morgan fingerprint density at radius 3 is 2.33 bits per heavy atom. The van der Waals surface area contributed by atoms with Crippen LogP contribution in [-0.2, 0) is 0 Å². The third-order valence-corrected chi connectivity index (χ3v) is 1.47. The van der Waals surface area contributed by atoms with Crippen molar-refractivity contribution in [2.24, 2.45) is 0 Å². The maximum atomic E-state index is 3.18. The molecule has 0 unspecified atom stereocenters. The molecule has 0 saturated carbocycles. The van der Waals surface area contributed by atoms with Crippen molar-refractivity contribution in [3.05, 3.63) is 34.9 Å². The summed E-state index contributed by atoms with van der Waals surface area (Å²) in [4.78, 5) is 0. The second kappa shape index (κ2) is 2.22. The van der Waals surface area contributed by atoms with Gasteiger partial charge in [-0.2, -0.15) is 0 Å². The summed E-state index contributed by atoms with van der Waals surface area (Å²) in [7, 11) is 0. The number of benzene rings is 1. The molecule has 1 aromatic rings. The van der Waals surface area contributed by atoms with Crippen LogP contribution in [0.5, 0.6) is 0 Å². The Labute approximate surface area is 56.5 Å². The van der Waals surface area contributed by atoms with E-state index >= 15 is 0 Å². The van der Waals surface area contributed by atoms with Crippen LogP contribution < -0.4 is 0 Å². The highest BCUT2D eigenvalue weighted by atomic mass is 13.9. The van der Waals surface area contributed by atoms with E-state index in [-0.39, 0.29) is 0 Å². The molecule has 2 radical (unpaired) electrons. The van der Waals surface area contributed by atoms with Gasteiger partial charge in [-0.25, -0.2) is 0 Å². The molecule has 0 fully saturated rings. The highest BCUT2D eigenvalue weighted by molar-refractivity contribution is 5.26. The van der Waals surface area contributed by atoms with Crippen molar-refractivity contribution in [2.75, 3.05) is 0 Å². The fraction of sp³-hybridized carbons (Fsp3) is 0.333. The lowest BCUT2D eigenvalue weighted by atomic mass is 10.1. The Hall–Kier alpha value is -0.780. The number of rotatable bonds is 0. The maximum Gasteiger partial charge on any atom is -0.0111 e. The highest BCUT2D eigenvalue weighted by Gasteiger charge is 1.90. The molecular formula is C9H10. The van der Waals surface area contributed by atoms with Gasteiger partial charge < -0.3 is 0 Å². The molecule has 0 aliphatic heterocycles. The quantitative estimate of drug-likeness (QED) is 0.490. The summed E-state index contributed by atoms with van der Waals surface area (Å²) in [6, 6.07) is 8.27. The molecule has 0 aliphatic rings. The Bertz CT molecular complexity index is 211. The zero-order valence-electron chi connectivity index (χ0n) is 6.08. The van der Waals surface area contributed by atoms with Crippen molar-refractivity contribution in [1.29, 1.82) is 0 Å². The van der Waals surface area contributed by atoms with Crippen LogP contribution in [0, 0.1) is 32.9 Å². The van der Waals surface area contributed by atoms with Crippen LogP contribution in [0.15, 0.2) is 6.07 Å². The third kappa shape index (κ3) is 1.32. The van der Waals surface area contributed by atoms with E-state index in [1.807, 2.05) is 13.0 Å². The van der Waals surface area contributed by atoms with Gasteiger partial charge >= 0.3 is 0 Å². The molecule has 0 heterocycles. The first-order valence-electron chi connectivity index (χ1n) is 3.08. The van der Waals surface area contributed by atoms with Gasteiger partial charge in [0.15, 0.2) is 0 Å². The van der Waals surface area contributed by atoms with Gasteiger partial charge in [0.25, 0.3) is 0 Å². The predicted octanol–water partition coefficient (Wildman–Crippen LogP) is 2.21. The fourth-order valence-electron chi connectivity index (χ4n) is 0.741. The lowest BCUT2D eigenvalue weighted by Crippen LogP contribution is -1.81. The SMILES string of the molecule is Cc1[c]cc(C)c(C)[c]1. The Balaban J connectivity index is 3.17. The number of hydrogen-bond acceptors (Lipinski definition) is 0. The maximum absolute atomic E-state index is 3.18. The first-order chi connectivity index (χ1) is 4.20. The van der Waals surface area contributed by atoms with Crippen LogP contribution in [0.2, 0.25) is 0 Å². The Morgan fingerprint density at radius 1 is 1.22 bits per heavy atom. The smallest absolute Gasteiger partial charge is 0.0111 e. The molecule has 1 aromatic carbocycles. The van der Waals surface area contributed by atoms with Crippen molar-refractivity contribution >= 4 is 0 Å². The third-order valence-electron chi connectivity index (χ3n) is 1.47. The van der Waals surface area contributed by atoms with Crippen LogP contribution >= 0.6 is 0 Å². The van der Waals surface area contributed by atoms with Crippen LogP contribution in [-0.4, -0.2) is 0 Å². The minimum absolute atomic E-state index is 1.10. The molecule has 0 spiro atoms. The number of hydrogen-bond donors (Lipinski definition) is 0. The topological polar surface area (TPSA) is 0 Å². The first-order valence-corrected chi connectivity index (χ1v) is 3.08. The van der Waals surface area contributed by atoms with Gasteiger partial charge in [0.1, 0.15) is 0 Å². The molecule has 0 N–H and O–H groups in total. The number of aryl methyl sites for hydroxylation is 3. The second-order valence-corrected chi connectivity index (χ2v) is 2.35. The van der Waals surface area contributed by atoms with E-state index in [9.17, 15) is 0 Å². The summed E-state index contributed by atoms with van der Waals surface area (Å²) in [6.45, 7) is 6.14. The van der Waals surface area contributed by atoms with Gasteiger partial charge in [-0.15, -0.1) is 0 Å². The molecule has 0 aromatic heterocycles. The Kier molecular flexibility index (Phi) is 1.56. The molecule has 0 bridgehead atoms. The molecule has 0 aliphatic carbocycles. The summed E-state index contributed by atoms with van der Waals surface area (Å²) in [5.41, 5.74) is 3.59. The van der Waals surface area contributed by atoms with Crippen LogP contribution in [0.4, 0.5) is 0 Å². The van der Waals surface area contributed by atoms with Crippen molar-refractivity contribution < 1.29 is 0 Å². The molecule has 0 amide bonds. The molecular weight excluding hydrogens is 108 g/mol. The van der Waals surface area contributed by atoms with Gasteiger partial charge in [0.2, 0.25) is 0 Å². The lowest BCUT2D eigenvalue weighted by Gasteiger charge is -1.96. The van der Waals surface area contributed by atoms with E-state index in [2.05, 4.69) is 26.0 Å². The van der Waals surface area contributed by atoms with E-state index < -0.39 is 0 Å². The minimum atomic E-state index is 1.10. The van der Waals surface area contributed by atoms with Crippen molar-refractivity contribution in [3.8, 4) is 0 Å². The normalized spacial score (nSPS) is 9.67. The summed E-state index contributed by atoms with van der Waals surface area (Å²) in [5.74, 6) is 0. The second-order valence-electron chi connectivity index (χ2n) is 2.35. The average molecular weight is 118 g/mol. The van der Waals surface area contributed by atoms with E-state index in [1.54, 1.807) is 0 Å². The summed E-state index contributed by atoms with van der Waals surface area (Å²) < 4.78 is 0. The van der Waals surface area contributed by atoms with Crippen molar-refractivity contribution in [1.82, 2.24) is 0 Å². The molecule has 0 heteroatoms. The van der Waals surface area contributed by atoms with Crippen molar-refractivity contribution in [2.45, 2.75) is 20.8 Å². The summed E-state index contributed by atoms with van der Waals surface area (Å²) in [6.07, 6.45) is 0. The molecule has 0 saturated heterocycles. The largest absolute Gasteiger partial charge is 0.0509 e. The van der Waals surface area contributed by atoms with E-state index in [0.717, 1.165) is 5.56 Å². The molecule has 9 heavy (non-hydrogen) atoms. The standard InChI is InChI=1S/C9H10/c1-7-4-5-8(2)9(3)6-7/h5H,1-3H3. The zero-order chi connectivity index (χ0) is 6.85. The van der Waals surface area contributed by atoms with Gasteiger partial charge in [0.05, 0.1) is 0 Å². The lowest BCUT2D eigenvalue weighted by molar-refractivity contribution is 1.28.